The molecule has 4 aliphatic carbocycles. The topological polar surface area (TPSA) is 0 Å². The Labute approximate surface area is 308 Å². The molecular weight excluding hydrogens is 673 g/mol. The summed E-state index contributed by atoms with van der Waals surface area (Å²) in [5, 5.41) is 3.41. The zero-order valence-corrected chi connectivity index (χ0v) is 32.7. The molecule has 260 valence electrons. The van der Waals surface area contributed by atoms with Crippen molar-refractivity contribution in [2.45, 2.75) is 158 Å². The Bertz CT molecular complexity index is 1040. The third kappa shape index (κ3) is 13.5. The van der Waals surface area contributed by atoms with Crippen LogP contribution in [0.2, 0.25) is 0 Å². The maximum Gasteiger partial charge on any atom is 2.00 e. The fourth-order valence-electron chi connectivity index (χ4n) is 8.56. The van der Waals surface area contributed by atoms with E-state index in [0.29, 0.717) is 0 Å². The van der Waals surface area contributed by atoms with Gasteiger partial charge in [0.05, 0.1) is 0 Å². The molecule has 47 heavy (non-hydrogen) atoms. The first-order chi connectivity index (χ1) is 22.3. The van der Waals surface area contributed by atoms with Crippen molar-refractivity contribution in [1.29, 1.82) is 0 Å². The van der Waals surface area contributed by atoms with Crippen molar-refractivity contribution in [3.05, 3.63) is 96.6 Å². The average Bonchev–Trinajstić information content (AvgIpc) is 3.12. The summed E-state index contributed by atoms with van der Waals surface area (Å²) in [5.74, 6) is 0. The van der Waals surface area contributed by atoms with Crippen molar-refractivity contribution < 1.29 is 28.9 Å². The summed E-state index contributed by atoms with van der Waals surface area (Å²) < 4.78 is 0. The second kappa shape index (κ2) is 23.7. The standard InChI is InChI=1S/2C18H27P.C7H7.ClH.Ni/c2*1-4-10-16(11-5-1)19(17-12-6-2-7-13-17)18-14-8-3-9-15-18;1-7-5-3-2-4-6-7;;/h2*1,4-5,10-11,17-18H,2-3,6-9,12-15H2;2-5H,1H3;1H;/q;;-1;;+2/p-1. The van der Waals surface area contributed by atoms with Gasteiger partial charge in [0.25, 0.3) is 0 Å². The number of hydrogen-bond acceptors (Lipinski definition) is 0. The third-order valence-corrected chi connectivity index (χ3v) is 17.8. The summed E-state index contributed by atoms with van der Waals surface area (Å²) in [7, 11) is 0.216. The fourth-order valence-corrected chi connectivity index (χ4v) is 16.2. The Balaban J connectivity index is 0.000000205. The monoisotopic (exact) mass is 732 g/mol. The van der Waals surface area contributed by atoms with Gasteiger partial charge in [-0.05, 0) is 84.6 Å². The molecule has 0 amide bonds. The van der Waals surface area contributed by atoms with Crippen LogP contribution in [0.3, 0.4) is 0 Å². The molecule has 0 nitrogen and oxygen atoms in total. The summed E-state index contributed by atoms with van der Waals surface area (Å²) in [6, 6.07) is 34.0. The Hall–Kier alpha value is -0.696. The third-order valence-electron chi connectivity index (χ3n) is 10.8. The number of benzene rings is 3. The second-order valence-corrected chi connectivity index (χ2v) is 19.8. The first kappa shape index (κ1) is 40.7. The van der Waals surface area contributed by atoms with Gasteiger partial charge in [-0.3, -0.25) is 0 Å². The SMILES string of the molecule is Cc1[c-]cccc1.[Cl-].[Ni+2].c1ccc(P(C2CCCCC2)C2CCCCC2)cc1.c1ccc(P(C2CCCCC2)C2CCCCC2)cc1. The van der Waals surface area contributed by atoms with Crippen LogP contribution in [-0.4, -0.2) is 22.6 Å². The molecule has 0 bridgehead atoms. The predicted molar refractivity (Wildman–Crippen MR) is 203 cm³/mol. The van der Waals surface area contributed by atoms with Gasteiger partial charge < -0.3 is 12.4 Å². The second-order valence-electron chi connectivity index (χ2n) is 14.2. The van der Waals surface area contributed by atoms with Crippen LogP contribution < -0.4 is 23.0 Å². The molecule has 0 aliphatic heterocycles. The van der Waals surface area contributed by atoms with E-state index in [1.165, 1.54) is 134 Å². The van der Waals surface area contributed by atoms with Gasteiger partial charge in [0, 0.05) is 0 Å². The van der Waals surface area contributed by atoms with E-state index < -0.39 is 0 Å². The van der Waals surface area contributed by atoms with Gasteiger partial charge in [-0.25, -0.2) is 0 Å². The minimum absolute atomic E-state index is 0. The van der Waals surface area contributed by atoms with Crippen molar-refractivity contribution in [3.8, 4) is 0 Å². The van der Waals surface area contributed by atoms with Crippen molar-refractivity contribution in [3.63, 3.8) is 0 Å². The first-order valence-electron chi connectivity index (χ1n) is 18.9. The van der Waals surface area contributed by atoms with Crippen molar-refractivity contribution >= 4 is 26.5 Å². The zero-order valence-electron chi connectivity index (χ0n) is 29.1. The van der Waals surface area contributed by atoms with Crippen LogP contribution in [0.1, 0.15) is 134 Å². The first-order valence-corrected chi connectivity index (χ1v) is 21.9. The molecule has 0 radical (unpaired) electrons. The van der Waals surface area contributed by atoms with E-state index >= 15 is 0 Å². The summed E-state index contributed by atoms with van der Waals surface area (Å²) in [6.45, 7) is 2.03. The van der Waals surface area contributed by atoms with Gasteiger partial charge in [-0.15, -0.1) is 0 Å². The molecule has 0 N–H and O–H groups in total. The van der Waals surface area contributed by atoms with Crippen LogP contribution in [0, 0.1) is 13.0 Å². The molecular formula is C43H61ClNiP2. The van der Waals surface area contributed by atoms with Crippen LogP contribution in [-0.2, 0) is 16.5 Å². The van der Waals surface area contributed by atoms with E-state index in [9.17, 15) is 0 Å². The summed E-state index contributed by atoms with van der Waals surface area (Å²) in [4.78, 5) is 0. The summed E-state index contributed by atoms with van der Waals surface area (Å²) >= 11 is 0. The normalized spacial score (nSPS) is 19.7. The maximum absolute atomic E-state index is 3.03. The van der Waals surface area contributed by atoms with E-state index in [1.807, 2.05) is 31.2 Å². The Morgan fingerprint density at radius 2 is 0.723 bits per heavy atom. The molecule has 3 aromatic rings. The largest absolute Gasteiger partial charge is 2.00 e. The number of aryl methyl sites for hydroxylation is 1. The molecule has 0 aromatic heterocycles. The maximum atomic E-state index is 3.03. The van der Waals surface area contributed by atoms with E-state index in [2.05, 4.69) is 66.7 Å². The molecule has 4 saturated carbocycles. The molecule has 0 unspecified atom stereocenters. The van der Waals surface area contributed by atoms with Crippen LogP contribution in [0.4, 0.5) is 0 Å². The molecule has 4 aliphatic rings. The molecule has 0 spiro atoms. The van der Waals surface area contributed by atoms with E-state index in [4.69, 9.17) is 0 Å². The molecule has 0 atom stereocenters. The zero-order chi connectivity index (χ0) is 30.9. The van der Waals surface area contributed by atoms with Crippen molar-refractivity contribution in [1.82, 2.24) is 0 Å². The van der Waals surface area contributed by atoms with Crippen LogP contribution in [0.5, 0.6) is 0 Å². The minimum Gasteiger partial charge on any atom is -1.00 e. The number of halogens is 1. The van der Waals surface area contributed by atoms with Gasteiger partial charge in [0.2, 0.25) is 0 Å². The summed E-state index contributed by atoms with van der Waals surface area (Å²) in [5.41, 5.74) is 5.34. The average molecular weight is 734 g/mol. The van der Waals surface area contributed by atoms with E-state index in [0.717, 1.165) is 22.6 Å². The predicted octanol–water partition coefficient (Wildman–Crippen LogP) is 9.72. The van der Waals surface area contributed by atoms with Crippen LogP contribution >= 0.6 is 15.8 Å². The number of hydrogen-bond donors (Lipinski definition) is 0. The van der Waals surface area contributed by atoms with Gasteiger partial charge in [-0.1, -0.05) is 160 Å². The van der Waals surface area contributed by atoms with Crippen LogP contribution in [0.15, 0.2) is 84.9 Å². The van der Waals surface area contributed by atoms with Gasteiger partial charge >= 0.3 is 16.5 Å². The summed E-state index contributed by atoms with van der Waals surface area (Å²) in [6.07, 6.45) is 29.9. The molecule has 4 heteroatoms. The Morgan fingerprint density at radius 1 is 0.426 bits per heavy atom. The minimum atomic E-state index is 0. The molecule has 7 rings (SSSR count). The Kier molecular flexibility index (Phi) is 20.5. The van der Waals surface area contributed by atoms with Gasteiger partial charge in [0.15, 0.2) is 0 Å². The van der Waals surface area contributed by atoms with E-state index in [-0.39, 0.29) is 44.7 Å². The van der Waals surface area contributed by atoms with Crippen LogP contribution in [0.25, 0.3) is 0 Å². The van der Waals surface area contributed by atoms with E-state index in [1.54, 1.807) is 10.6 Å². The van der Waals surface area contributed by atoms with Gasteiger partial charge in [0.1, 0.15) is 0 Å². The molecule has 4 fully saturated rings. The fraction of sp³-hybridized carbons (Fsp3) is 0.581. The number of rotatable bonds is 6. The molecule has 0 saturated heterocycles. The molecule has 0 heterocycles. The smallest absolute Gasteiger partial charge is 1.00 e. The molecule has 3 aromatic carbocycles. The van der Waals surface area contributed by atoms with Crippen molar-refractivity contribution in [2.24, 2.45) is 0 Å². The Morgan fingerprint density at radius 3 is 0.957 bits per heavy atom. The van der Waals surface area contributed by atoms with Gasteiger partial charge in [-0.2, -0.15) is 35.9 Å². The van der Waals surface area contributed by atoms with Crippen molar-refractivity contribution in [2.75, 3.05) is 0 Å². The quantitative estimate of drug-likeness (QED) is 0.135.